The average molecular weight is 257 g/mol. The molecular formula is C16H19NO2. The van der Waals surface area contributed by atoms with Gasteiger partial charge in [0.25, 0.3) is 0 Å². The van der Waals surface area contributed by atoms with E-state index in [-0.39, 0.29) is 0 Å². The zero-order chi connectivity index (χ0) is 13.7. The molecule has 0 radical (unpaired) electrons. The van der Waals surface area contributed by atoms with Crippen LogP contribution in [-0.4, -0.2) is 6.61 Å². The molecule has 0 aliphatic rings. The molecule has 2 N–H and O–H groups in total. The van der Waals surface area contributed by atoms with Crippen molar-refractivity contribution in [2.45, 2.75) is 20.4 Å². The van der Waals surface area contributed by atoms with Gasteiger partial charge in [-0.15, -0.1) is 0 Å². The van der Waals surface area contributed by atoms with Crippen LogP contribution in [0.1, 0.15) is 18.1 Å². The molecule has 3 heteroatoms. The summed E-state index contributed by atoms with van der Waals surface area (Å²) in [6.07, 6.45) is 0. The van der Waals surface area contributed by atoms with Crippen molar-refractivity contribution in [1.29, 1.82) is 0 Å². The van der Waals surface area contributed by atoms with Crippen LogP contribution in [0, 0.1) is 6.92 Å². The van der Waals surface area contributed by atoms with Crippen molar-refractivity contribution in [3.05, 3.63) is 53.6 Å². The first-order chi connectivity index (χ1) is 9.24. The lowest BCUT2D eigenvalue weighted by Gasteiger charge is -2.13. The standard InChI is InChI=1S/C16H19NO2/c1-3-18-15-6-4-5-7-16(15)19-14-9-8-13(11-17)10-12(14)2/h4-10H,3,11,17H2,1-2H3. The summed E-state index contributed by atoms with van der Waals surface area (Å²) >= 11 is 0. The van der Waals surface area contributed by atoms with E-state index >= 15 is 0 Å². The van der Waals surface area contributed by atoms with Gasteiger partial charge in [0.1, 0.15) is 5.75 Å². The second kappa shape index (κ2) is 6.25. The molecule has 0 heterocycles. The van der Waals surface area contributed by atoms with E-state index in [9.17, 15) is 0 Å². The Kier molecular flexibility index (Phi) is 4.42. The van der Waals surface area contributed by atoms with E-state index < -0.39 is 0 Å². The van der Waals surface area contributed by atoms with E-state index in [1.165, 1.54) is 0 Å². The Morgan fingerprint density at radius 3 is 2.37 bits per heavy atom. The second-order valence-corrected chi connectivity index (χ2v) is 4.29. The Balaban J connectivity index is 2.26. The summed E-state index contributed by atoms with van der Waals surface area (Å²) < 4.78 is 11.5. The summed E-state index contributed by atoms with van der Waals surface area (Å²) in [6, 6.07) is 13.6. The van der Waals surface area contributed by atoms with Crippen LogP contribution in [0.4, 0.5) is 0 Å². The van der Waals surface area contributed by atoms with Crippen molar-refractivity contribution in [3.8, 4) is 17.2 Å². The highest BCUT2D eigenvalue weighted by Crippen LogP contribution is 2.32. The molecule has 2 aromatic carbocycles. The minimum Gasteiger partial charge on any atom is -0.490 e. The molecule has 0 atom stereocenters. The smallest absolute Gasteiger partial charge is 0.169 e. The quantitative estimate of drug-likeness (QED) is 0.889. The number of para-hydroxylation sites is 2. The first-order valence-electron chi connectivity index (χ1n) is 6.44. The summed E-state index contributed by atoms with van der Waals surface area (Å²) in [5, 5.41) is 0. The van der Waals surface area contributed by atoms with Crippen LogP contribution < -0.4 is 15.2 Å². The Bertz CT molecular complexity index is 552. The Hall–Kier alpha value is -2.00. The molecule has 0 fully saturated rings. The van der Waals surface area contributed by atoms with Crippen molar-refractivity contribution >= 4 is 0 Å². The molecule has 0 aliphatic carbocycles. The first-order valence-corrected chi connectivity index (χ1v) is 6.44. The third kappa shape index (κ3) is 3.26. The van der Waals surface area contributed by atoms with Crippen molar-refractivity contribution < 1.29 is 9.47 Å². The highest BCUT2D eigenvalue weighted by atomic mass is 16.5. The summed E-state index contributed by atoms with van der Waals surface area (Å²) in [6.45, 7) is 5.12. The first kappa shape index (κ1) is 13.4. The maximum absolute atomic E-state index is 5.93. The van der Waals surface area contributed by atoms with Gasteiger partial charge in [-0.3, -0.25) is 0 Å². The molecule has 3 nitrogen and oxygen atoms in total. The van der Waals surface area contributed by atoms with Crippen LogP contribution in [-0.2, 0) is 6.54 Å². The molecular weight excluding hydrogens is 238 g/mol. The second-order valence-electron chi connectivity index (χ2n) is 4.29. The van der Waals surface area contributed by atoms with Crippen LogP contribution in [0.5, 0.6) is 17.2 Å². The zero-order valence-electron chi connectivity index (χ0n) is 11.3. The molecule has 100 valence electrons. The van der Waals surface area contributed by atoms with E-state index in [1.54, 1.807) is 0 Å². The molecule has 19 heavy (non-hydrogen) atoms. The highest BCUT2D eigenvalue weighted by molar-refractivity contribution is 5.45. The fraction of sp³-hybridized carbons (Fsp3) is 0.250. The molecule has 0 saturated carbocycles. The third-order valence-electron chi connectivity index (χ3n) is 2.84. The van der Waals surface area contributed by atoms with Crippen LogP contribution in [0.25, 0.3) is 0 Å². The molecule has 0 saturated heterocycles. The van der Waals surface area contributed by atoms with Gasteiger partial charge >= 0.3 is 0 Å². The van der Waals surface area contributed by atoms with Crippen molar-refractivity contribution in [3.63, 3.8) is 0 Å². The molecule has 0 bridgehead atoms. The lowest BCUT2D eigenvalue weighted by molar-refractivity contribution is 0.321. The number of ether oxygens (including phenoxy) is 2. The van der Waals surface area contributed by atoms with Crippen LogP contribution in [0.3, 0.4) is 0 Å². The van der Waals surface area contributed by atoms with Gasteiger partial charge < -0.3 is 15.2 Å². The number of rotatable bonds is 5. The predicted octanol–water partition coefficient (Wildman–Crippen LogP) is 3.64. The molecule has 0 spiro atoms. The Morgan fingerprint density at radius 2 is 1.74 bits per heavy atom. The molecule has 0 aliphatic heterocycles. The van der Waals surface area contributed by atoms with Crippen molar-refractivity contribution in [2.75, 3.05) is 6.61 Å². The maximum Gasteiger partial charge on any atom is 0.169 e. The predicted molar refractivity (Wildman–Crippen MR) is 76.8 cm³/mol. The zero-order valence-corrected chi connectivity index (χ0v) is 11.3. The maximum atomic E-state index is 5.93. The van der Waals surface area contributed by atoms with Gasteiger partial charge in [-0.25, -0.2) is 0 Å². The molecule has 2 rings (SSSR count). The number of hydrogen-bond acceptors (Lipinski definition) is 3. The SMILES string of the molecule is CCOc1ccccc1Oc1ccc(CN)cc1C. The lowest BCUT2D eigenvalue weighted by atomic mass is 10.1. The number of benzene rings is 2. The number of nitrogens with two attached hydrogens (primary N) is 1. The minimum absolute atomic E-state index is 0.538. The fourth-order valence-electron chi connectivity index (χ4n) is 1.88. The van der Waals surface area contributed by atoms with Gasteiger partial charge in [0.05, 0.1) is 6.61 Å². The van der Waals surface area contributed by atoms with E-state index in [1.807, 2.05) is 56.3 Å². The largest absolute Gasteiger partial charge is 0.490 e. The van der Waals surface area contributed by atoms with E-state index in [0.29, 0.717) is 13.2 Å². The van der Waals surface area contributed by atoms with Crippen LogP contribution in [0.15, 0.2) is 42.5 Å². The molecule has 0 aromatic heterocycles. The normalized spacial score (nSPS) is 10.3. The summed E-state index contributed by atoms with van der Waals surface area (Å²) in [5.74, 6) is 2.31. The average Bonchev–Trinajstić information content (AvgIpc) is 2.43. The van der Waals surface area contributed by atoms with Crippen molar-refractivity contribution in [1.82, 2.24) is 0 Å². The summed E-state index contributed by atoms with van der Waals surface area (Å²) in [7, 11) is 0. The monoisotopic (exact) mass is 257 g/mol. The van der Waals surface area contributed by atoms with Gasteiger partial charge in [0.2, 0.25) is 0 Å². The van der Waals surface area contributed by atoms with Gasteiger partial charge in [-0.05, 0) is 43.2 Å². The van der Waals surface area contributed by atoms with Gasteiger partial charge in [0, 0.05) is 6.54 Å². The van der Waals surface area contributed by atoms with Crippen LogP contribution in [0.2, 0.25) is 0 Å². The Morgan fingerprint density at radius 1 is 1.00 bits per heavy atom. The van der Waals surface area contributed by atoms with Gasteiger partial charge in [0.15, 0.2) is 11.5 Å². The molecule has 0 amide bonds. The minimum atomic E-state index is 0.538. The Labute approximate surface area is 114 Å². The lowest BCUT2D eigenvalue weighted by Crippen LogP contribution is -1.98. The van der Waals surface area contributed by atoms with Crippen LogP contribution >= 0.6 is 0 Å². The molecule has 2 aromatic rings. The number of aryl methyl sites for hydroxylation is 1. The van der Waals surface area contributed by atoms with E-state index in [4.69, 9.17) is 15.2 Å². The van der Waals surface area contributed by atoms with Gasteiger partial charge in [-0.1, -0.05) is 24.3 Å². The number of hydrogen-bond donors (Lipinski definition) is 1. The highest BCUT2D eigenvalue weighted by Gasteiger charge is 2.07. The van der Waals surface area contributed by atoms with Crippen molar-refractivity contribution in [2.24, 2.45) is 5.73 Å². The summed E-state index contributed by atoms with van der Waals surface area (Å²) in [5.41, 5.74) is 7.79. The van der Waals surface area contributed by atoms with Gasteiger partial charge in [-0.2, -0.15) is 0 Å². The molecule has 0 unspecified atom stereocenters. The third-order valence-corrected chi connectivity index (χ3v) is 2.84. The fourth-order valence-corrected chi connectivity index (χ4v) is 1.88. The topological polar surface area (TPSA) is 44.5 Å². The van der Waals surface area contributed by atoms with E-state index in [0.717, 1.165) is 28.4 Å². The van der Waals surface area contributed by atoms with E-state index in [2.05, 4.69) is 0 Å². The summed E-state index contributed by atoms with van der Waals surface area (Å²) in [4.78, 5) is 0.